The predicted molar refractivity (Wildman–Crippen MR) is 82.4 cm³/mol. The minimum Gasteiger partial charge on any atom is -0.355 e. The van der Waals surface area contributed by atoms with E-state index in [1.54, 1.807) is 24.8 Å². The molecule has 0 atom stereocenters. The maximum absolute atomic E-state index is 12.2. The molecular weight excluding hydrogens is 286 g/mol. The van der Waals surface area contributed by atoms with E-state index < -0.39 is 0 Å². The van der Waals surface area contributed by atoms with E-state index in [0.717, 1.165) is 41.8 Å². The molecule has 7 heteroatoms. The zero-order chi connectivity index (χ0) is 14.7. The van der Waals surface area contributed by atoms with Crippen molar-refractivity contribution in [2.75, 3.05) is 23.3 Å². The molecule has 3 heterocycles. The molecule has 110 valence electrons. The molecule has 1 fully saturated rings. The number of aryl methyl sites for hydroxylation is 1. The van der Waals surface area contributed by atoms with E-state index >= 15 is 0 Å². The average Bonchev–Trinajstić information content (AvgIpc) is 2.93. The van der Waals surface area contributed by atoms with Crippen LogP contribution < -0.4 is 10.2 Å². The first-order chi connectivity index (χ1) is 10.2. The quantitative estimate of drug-likeness (QED) is 0.940. The molecule has 3 rings (SSSR count). The summed E-state index contributed by atoms with van der Waals surface area (Å²) < 4.78 is 0. The van der Waals surface area contributed by atoms with Crippen LogP contribution in [-0.2, 0) is 4.79 Å². The molecule has 1 aliphatic rings. The van der Waals surface area contributed by atoms with Crippen LogP contribution in [0.2, 0.25) is 0 Å². The molecule has 0 aliphatic carbocycles. The Morgan fingerprint density at radius 2 is 2.10 bits per heavy atom. The average molecular weight is 303 g/mol. The molecule has 2 aromatic heterocycles. The van der Waals surface area contributed by atoms with Gasteiger partial charge in [0.05, 0.1) is 17.4 Å². The summed E-state index contributed by atoms with van der Waals surface area (Å²) in [6.45, 7) is 3.59. The molecule has 0 saturated carbocycles. The number of nitrogens with one attached hydrogen (secondary N) is 1. The van der Waals surface area contributed by atoms with Crippen LogP contribution in [0.25, 0.3) is 0 Å². The van der Waals surface area contributed by atoms with Gasteiger partial charge in [-0.25, -0.2) is 9.97 Å². The van der Waals surface area contributed by atoms with Crippen molar-refractivity contribution in [3.05, 3.63) is 29.8 Å². The fourth-order valence-corrected chi connectivity index (χ4v) is 3.15. The summed E-state index contributed by atoms with van der Waals surface area (Å²) >= 11 is 1.51. The number of nitrogens with zero attached hydrogens (tertiary/aromatic N) is 4. The van der Waals surface area contributed by atoms with Gasteiger partial charge in [-0.05, 0) is 19.8 Å². The highest BCUT2D eigenvalue weighted by atomic mass is 32.1. The summed E-state index contributed by atoms with van der Waals surface area (Å²) in [5, 5.41) is 4.75. The van der Waals surface area contributed by atoms with Gasteiger partial charge in [-0.15, -0.1) is 11.3 Å². The van der Waals surface area contributed by atoms with Crippen molar-refractivity contribution in [1.82, 2.24) is 15.0 Å². The summed E-state index contributed by atoms with van der Waals surface area (Å²) in [4.78, 5) is 26.9. The van der Waals surface area contributed by atoms with E-state index in [1.807, 2.05) is 6.92 Å². The van der Waals surface area contributed by atoms with Crippen molar-refractivity contribution < 1.29 is 4.79 Å². The number of piperidine rings is 1. The van der Waals surface area contributed by atoms with Gasteiger partial charge in [0, 0.05) is 31.4 Å². The Hall–Kier alpha value is -2.02. The third-order valence-electron chi connectivity index (χ3n) is 3.61. The second kappa shape index (κ2) is 6.17. The molecule has 6 nitrogen and oxygen atoms in total. The molecule has 21 heavy (non-hydrogen) atoms. The van der Waals surface area contributed by atoms with Crippen LogP contribution in [0.1, 0.15) is 17.8 Å². The summed E-state index contributed by atoms with van der Waals surface area (Å²) in [6, 6.07) is 0. The Morgan fingerprint density at radius 1 is 1.29 bits per heavy atom. The molecule has 0 spiro atoms. The molecule has 0 radical (unpaired) electrons. The zero-order valence-electron chi connectivity index (χ0n) is 11.8. The first-order valence-corrected chi connectivity index (χ1v) is 7.78. The number of rotatable bonds is 3. The number of amides is 1. The zero-order valence-corrected chi connectivity index (χ0v) is 12.6. The highest BCUT2D eigenvalue weighted by Gasteiger charge is 2.26. The Morgan fingerprint density at radius 3 is 2.71 bits per heavy atom. The summed E-state index contributed by atoms with van der Waals surface area (Å²) in [6.07, 6.45) is 8.51. The topological polar surface area (TPSA) is 71.0 Å². The molecule has 1 amide bonds. The van der Waals surface area contributed by atoms with Gasteiger partial charge >= 0.3 is 0 Å². The maximum atomic E-state index is 12.2. The van der Waals surface area contributed by atoms with E-state index in [2.05, 4.69) is 25.2 Å². The summed E-state index contributed by atoms with van der Waals surface area (Å²) in [5.41, 5.74) is 0. The second-order valence-corrected chi connectivity index (χ2v) is 6.29. The first kappa shape index (κ1) is 13.9. The third-order valence-corrected chi connectivity index (χ3v) is 4.44. The summed E-state index contributed by atoms with van der Waals surface area (Å²) in [7, 11) is 0. The lowest BCUT2D eigenvalue weighted by Crippen LogP contribution is -2.38. The number of anilines is 2. The van der Waals surface area contributed by atoms with Gasteiger partial charge < -0.3 is 10.2 Å². The minimum absolute atomic E-state index is 0.0559. The lowest BCUT2D eigenvalue weighted by molar-refractivity contribution is -0.120. The number of carbonyl (C=O) groups excluding carboxylic acids is 1. The van der Waals surface area contributed by atoms with Crippen LogP contribution in [0.4, 0.5) is 10.8 Å². The van der Waals surface area contributed by atoms with Gasteiger partial charge in [-0.3, -0.25) is 9.78 Å². The first-order valence-electron chi connectivity index (χ1n) is 6.96. The normalized spacial score (nSPS) is 16.0. The van der Waals surface area contributed by atoms with Crippen LogP contribution in [0, 0.1) is 12.8 Å². The van der Waals surface area contributed by atoms with Gasteiger partial charge in [0.1, 0.15) is 10.8 Å². The Kier molecular flexibility index (Phi) is 4.10. The smallest absolute Gasteiger partial charge is 0.228 e. The predicted octanol–water partition coefficient (Wildman–Crippen LogP) is 2.10. The molecule has 1 saturated heterocycles. The lowest BCUT2D eigenvalue weighted by atomic mass is 9.96. The van der Waals surface area contributed by atoms with E-state index in [9.17, 15) is 4.79 Å². The monoisotopic (exact) mass is 303 g/mol. The van der Waals surface area contributed by atoms with Crippen LogP contribution in [-0.4, -0.2) is 33.9 Å². The fraction of sp³-hybridized carbons (Fsp3) is 0.429. The van der Waals surface area contributed by atoms with E-state index in [0.29, 0.717) is 0 Å². The SMILES string of the molecule is Cc1ncc(NC(=O)C2CCN(c3cnccn3)CC2)s1. The highest BCUT2D eigenvalue weighted by Crippen LogP contribution is 2.24. The highest BCUT2D eigenvalue weighted by molar-refractivity contribution is 7.15. The van der Waals surface area contributed by atoms with Gasteiger partial charge in [0.2, 0.25) is 5.91 Å². The van der Waals surface area contributed by atoms with Crippen molar-refractivity contribution in [1.29, 1.82) is 0 Å². The van der Waals surface area contributed by atoms with E-state index in [-0.39, 0.29) is 11.8 Å². The molecule has 0 aromatic carbocycles. The van der Waals surface area contributed by atoms with Gasteiger partial charge in [-0.1, -0.05) is 0 Å². The molecule has 1 N–H and O–H groups in total. The van der Waals surface area contributed by atoms with Crippen molar-refractivity contribution in [2.24, 2.45) is 5.92 Å². The standard InChI is InChI=1S/C14H17N5OS/c1-10-17-9-13(21-10)18-14(20)11-2-6-19(7-3-11)12-8-15-4-5-16-12/h4-5,8-9,11H,2-3,6-7H2,1H3,(H,18,20). The van der Waals surface area contributed by atoms with Gasteiger partial charge in [0.15, 0.2) is 0 Å². The lowest BCUT2D eigenvalue weighted by Gasteiger charge is -2.31. The van der Waals surface area contributed by atoms with Crippen molar-refractivity contribution in [2.45, 2.75) is 19.8 Å². The van der Waals surface area contributed by atoms with Crippen molar-refractivity contribution >= 4 is 28.1 Å². The van der Waals surface area contributed by atoms with Gasteiger partial charge in [-0.2, -0.15) is 0 Å². The second-order valence-electron chi connectivity index (χ2n) is 5.06. The molecule has 1 aliphatic heterocycles. The Labute approximate surface area is 127 Å². The fourth-order valence-electron chi connectivity index (χ4n) is 2.47. The number of aromatic nitrogens is 3. The van der Waals surface area contributed by atoms with Crippen LogP contribution in [0.3, 0.4) is 0 Å². The molecular formula is C14H17N5OS. The molecule has 0 unspecified atom stereocenters. The molecule has 0 bridgehead atoms. The van der Waals surface area contributed by atoms with E-state index in [4.69, 9.17) is 0 Å². The Balaban J connectivity index is 1.54. The third kappa shape index (κ3) is 3.36. The van der Waals surface area contributed by atoms with Crippen LogP contribution in [0.15, 0.2) is 24.8 Å². The van der Waals surface area contributed by atoms with Gasteiger partial charge in [0.25, 0.3) is 0 Å². The van der Waals surface area contributed by atoms with Crippen LogP contribution in [0.5, 0.6) is 0 Å². The maximum Gasteiger partial charge on any atom is 0.228 e. The molecule has 2 aromatic rings. The number of hydrogen-bond donors (Lipinski definition) is 1. The van der Waals surface area contributed by atoms with E-state index in [1.165, 1.54) is 11.3 Å². The number of thiazole rings is 1. The van der Waals surface area contributed by atoms with Crippen molar-refractivity contribution in [3.8, 4) is 0 Å². The number of hydrogen-bond acceptors (Lipinski definition) is 6. The van der Waals surface area contributed by atoms with Crippen LogP contribution >= 0.6 is 11.3 Å². The largest absolute Gasteiger partial charge is 0.355 e. The minimum atomic E-state index is 0.0559. The summed E-state index contributed by atoms with van der Waals surface area (Å²) in [5.74, 6) is 1.03. The van der Waals surface area contributed by atoms with Crippen molar-refractivity contribution in [3.63, 3.8) is 0 Å². The number of carbonyl (C=O) groups is 1. The Bertz CT molecular complexity index is 607.